The zero-order valence-corrected chi connectivity index (χ0v) is 8.89. The number of aliphatic hydroxyl groups excluding tert-OH is 1. The van der Waals surface area contributed by atoms with E-state index in [1.165, 1.54) is 0 Å². The summed E-state index contributed by atoms with van der Waals surface area (Å²) in [6.45, 7) is 0.373. The normalized spacial score (nSPS) is 20.6. The van der Waals surface area contributed by atoms with Gasteiger partial charge in [0.2, 0.25) is 0 Å². The van der Waals surface area contributed by atoms with Crippen molar-refractivity contribution in [1.29, 1.82) is 0 Å². The molecule has 1 rings (SSSR count). The van der Waals surface area contributed by atoms with E-state index in [0.717, 1.165) is 11.5 Å². The van der Waals surface area contributed by atoms with Gasteiger partial charge in [-0.15, -0.1) is 0 Å². The van der Waals surface area contributed by atoms with E-state index in [0.29, 0.717) is 25.9 Å². The average molecular weight is 220 g/mol. The monoisotopic (exact) mass is 220 g/mol. The Morgan fingerprint density at radius 3 is 2.57 bits per heavy atom. The number of hydrogen-bond acceptors (Lipinski definition) is 4. The quantitative estimate of drug-likeness (QED) is 0.669. The second-order valence-corrected chi connectivity index (χ2v) is 4.56. The third-order valence-corrected chi connectivity index (χ3v) is 3.36. The molecule has 2 N–H and O–H groups in total. The highest BCUT2D eigenvalue weighted by molar-refractivity contribution is 7.99. The minimum atomic E-state index is -0.986. The van der Waals surface area contributed by atoms with Crippen LogP contribution in [0.4, 0.5) is 0 Å². The van der Waals surface area contributed by atoms with Crippen LogP contribution in [0.2, 0.25) is 0 Å². The van der Waals surface area contributed by atoms with Gasteiger partial charge in [0.05, 0.1) is 6.61 Å². The highest BCUT2D eigenvalue weighted by Crippen LogP contribution is 2.30. The number of carboxylic acid groups (broad SMARTS) is 1. The van der Waals surface area contributed by atoms with E-state index in [1.807, 2.05) is 0 Å². The molecule has 5 heteroatoms. The van der Waals surface area contributed by atoms with Gasteiger partial charge in [0.1, 0.15) is 0 Å². The first-order valence-electron chi connectivity index (χ1n) is 4.77. The molecule has 0 saturated carbocycles. The van der Waals surface area contributed by atoms with Crippen molar-refractivity contribution in [3.8, 4) is 0 Å². The van der Waals surface area contributed by atoms with Gasteiger partial charge in [0.15, 0.2) is 5.60 Å². The van der Waals surface area contributed by atoms with Gasteiger partial charge in [-0.25, -0.2) is 4.79 Å². The average Bonchev–Trinajstić information content (AvgIpc) is 2.19. The largest absolute Gasteiger partial charge is 0.479 e. The van der Waals surface area contributed by atoms with Crippen LogP contribution in [0.25, 0.3) is 0 Å². The van der Waals surface area contributed by atoms with Crippen molar-refractivity contribution < 1.29 is 19.7 Å². The highest BCUT2D eigenvalue weighted by atomic mass is 32.2. The number of carboxylic acids is 1. The van der Waals surface area contributed by atoms with Crippen molar-refractivity contribution in [1.82, 2.24) is 0 Å². The molecule has 0 aromatic carbocycles. The first-order valence-corrected chi connectivity index (χ1v) is 5.93. The van der Waals surface area contributed by atoms with Crippen molar-refractivity contribution in [3.63, 3.8) is 0 Å². The summed E-state index contributed by atoms with van der Waals surface area (Å²) >= 11 is 1.76. The number of carbonyl (C=O) groups is 1. The van der Waals surface area contributed by atoms with Crippen LogP contribution < -0.4 is 0 Å². The summed E-state index contributed by atoms with van der Waals surface area (Å²) < 4.78 is 5.40. The van der Waals surface area contributed by atoms with Crippen LogP contribution in [0.3, 0.4) is 0 Å². The van der Waals surface area contributed by atoms with E-state index < -0.39 is 11.6 Å². The van der Waals surface area contributed by atoms with Gasteiger partial charge in [0.25, 0.3) is 0 Å². The molecule has 0 atom stereocenters. The van der Waals surface area contributed by atoms with Gasteiger partial charge in [0, 0.05) is 6.61 Å². The molecule has 0 bridgehead atoms. The summed E-state index contributed by atoms with van der Waals surface area (Å²) in [5, 5.41) is 17.7. The Bertz CT molecular complexity index is 189. The molecular weight excluding hydrogens is 204 g/mol. The zero-order valence-electron chi connectivity index (χ0n) is 8.07. The molecule has 0 unspecified atom stereocenters. The van der Waals surface area contributed by atoms with E-state index in [4.69, 9.17) is 14.9 Å². The summed E-state index contributed by atoms with van der Waals surface area (Å²) in [6.07, 6.45) is 1.64. The summed E-state index contributed by atoms with van der Waals surface area (Å²) in [5.41, 5.74) is -0.986. The lowest BCUT2D eigenvalue weighted by molar-refractivity contribution is -0.167. The molecule has 0 radical (unpaired) electrons. The maximum absolute atomic E-state index is 11.1. The summed E-state index contributed by atoms with van der Waals surface area (Å²) in [6, 6.07) is 0. The SMILES string of the molecule is O=C(O)C1(OCCCO)CCSCC1. The second-order valence-electron chi connectivity index (χ2n) is 3.34. The van der Waals surface area contributed by atoms with E-state index in [2.05, 4.69) is 0 Å². The van der Waals surface area contributed by atoms with Crippen LogP contribution in [0.1, 0.15) is 19.3 Å². The number of rotatable bonds is 5. The zero-order chi connectivity index (χ0) is 10.4. The van der Waals surface area contributed by atoms with Crippen molar-refractivity contribution in [2.24, 2.45) is 0 Å². The van der Waals surface area contributed by atoms with Crippen LogP contribution in [-0.4, -0.2) is 46.5 Å². The second kappa shape index (κ2) is 5.58. The fourth-order valence-corrected chi connectivity index (χ4v) is 2.61. The molecule has 1 aliphatic heterocycles. The standard InChI is InChI=1S/C9H16O4S/c10-4-1-5-13-9(8(11)12)2-6-14-7-3-9/h10H,1-7H2,(H,11,12). The predicted molar refractivity (Wildman–Crippen MR) is 54.6 cm³/mol. The minimum Gasteiger partial charge on any atom is -0.479 e. The third kappa shape index (κ3) is 2.87. The lowest BCUT2D eigenvalue weighted by Gasteiger charge is -2.32. The molecule has 14 heavy (non-hydrogen) atoms. The highest BCUT2D eigenvalue weighted by Gasteiger charge is 2.40. The fourth-order valence-electron chi connectivity index (χ4n) is 1.45. The smallest absolute Gasteiger partial charge is 0.336 e. The molecule has 82 valence electrons. The molecule has 0 spiro atoms. The van der Waals surface area contributed by atoms with Crippen LogP contribution in [0.15, 0.2) is 0 Å². The Morgan fingerprint density at radius 1 is 1.43 bits per heavy atom. The van der Waals surface area contributed by atoms with E-state index in [-0.39, 0.29) is 6.61 Å². The Morgan fingerprint density at radius 2 is 2.07 bits per heavy atom. The van der Waals surface area contributed by atoms with Gasteiger partial charge < -0.3 is 14.9 Å². The van der Waals surface area contributed by atoms with E-state index in [1.54, 1.807) is 11.8 Å². The molecule has 4 nitrogen and oxygen atoms in total. The van der Waals surface area contributed by atoms with Crippen LogP contribution >= 0.6 is 11.8 Å². The predicted octanol–water partition coefficient (Wildman–Crippen LogP) is 0.736. The fraction of sp³-hybridized carbons (Fsp3) is 0.889. The van der Waals surface area contributed by atoms with E-state index in [9.17, 15) is 4.79 Å². The molecule has 1 fully saturated rings. The van der Waals surface area contributed by atoms with Crippen molar-refractivity contribution in [2.45, 2.75) is 24.9 Å². The van der Waals surface area contributed by atoms with Gasteiger partial charge in [-0.3, -0.25) is 0 Å². The van der Waals surface area contributed by atoms with E-state index >= 15 is 0 Å². The lowest BCUT2D eigenvalue weighted by atomic mass is 9.97. The van der Waals surface area contributed by atoms with Crippen molar-refractivity contribution >= 4 is 17.7 Å². The molecule has 0 aliphatic carbocycles. The maximum atomic E-state index is 11.1. The number of aliphatic hydroxyl groups is 1. The third-order valence-electron chi connectivity index (χ3n) is 2.37. The Balaban J connectivity index is 2.47. The number of hydrogen-bond donors (Lipinski definition) is 2. The Labute approximate surface area is 87.6 Å². The van der Waals surface area contributed by atoms with Crippen LogP contribution in [-0.2, 0) is 9.53 Å². The summed E-state index contributed by atoms with van der Waals surface area (Å²) in [5.74, 6) is 0.812. The summed E-state index contributed by atoms with van der Waals surface area (Å²) in [7, 11) is 0. The van der Waals surface area contributed by atoms with Gasteiger partial charge >= 0.3 is 5.97 Å². The Kier molecular flexibility index (Phi) is 4.71. The number of aliphatic carboxylic acids is 1. The Hall–Kier alpha value is -0.260. The van der Waals surface area contributed by atoms with Crippen LogP contribution in [0.5, 0.6) is 0 Å². The molecule has 0 aromatic heterocycles. The van der Waals surface area contributed by atoms with Gasteiger partial charge in [-0.2, -0.15) is 11.8 Å². The first kappa shape index (κ1) is 11.8. The van der Waals surface area contributed by atoms with Crippen molar-refractivity contribution in [3.05, 3.63) is 0 Å². The van der Waals surface area contributed by atoms with Gasteiger partial charge in [-0.05, 0) is 30.8 Å². The molecular formula is C9H16O4S. The van der Waals surface area contributed by atoms with Crippen LogP contribution in [0, 0.1) is 0 Å². The first-order chi connectivity index (χ1) is 6.71. The topological polar surface area (TPSA) is 66.8 Å². The van der Waals surface area contributed by atoms with Crippen molar-refractivity contribution in [2.75, 3.05) is 24.7 Å². The minimum absolute atomic E-state index is 0.0461. The maximum Gasteiger partial charge on any atom is 0.336 e. The lowest BCUT2D eigenvalue weighted by Crippen LogP contribution is -2.45. The number of thioether (sulfide) groups is 1. The molecule has 1 aliphatic rings. The molecule has 1 heterocycles. The molecule has 0 aromatic rings. The van der Waals surface area contributed by atoms with Gasteiger partial charge in [-0.1, -0.05) is 0 Å². The summed E-state index contributed by atoms with van der Waals surface area (Å²) in [4.78, 5) is 11.1. The molecule has 1 saturated heterocycles. The number of ether oxygens (including phenoxy) is 1. The molecule has 0 amide bonds.